The molecule has 0 heterocycles. The van der Waals surface area contributed by atoms with Gasteiger partial charge in [-0.15, -0.1) is 0 Å². The SMILES string of the molecule is CCCCCCCCCCCCCCCCCCC(=O)OC[C@H](COP(=O)(O)OC[C@@H](O)COP(=O)(O)OC[C@@H](COC(=O)CCCCCCCCCC(C)C)OC(=O)CCCCCCCCCCCCCC)OC(=O)CCCCCCCCCCCCCCCCCC. The van der Waals surface area contributed by atoms with Crippen LogP contribution in [0.2, 0.25) is 0 Å². The van der Waals surface area contributed by atoms with Crippen LogP contribution in [0.15, 0.2) is 0 Å². The third-order valence-corrected chi connectivity index (χ3v) is 19.4. The predicted octanol–water partition coefficient (Wildman–Crippen LogP) is 22.1. The molecule has 0 aliphatic rings. The van der Waals surface area contributed by atoms with Crippen LogP contribution in [-0.4, -0.2) is 96.7 Å². The summed E-state index contributed by atoms with van der Waals surface area (Å²) in [6.45, 7) is 7.24. The summed E-state index contributed by atoms with van der Waals surface area (Å²) in [4.78, 5) is 72.8. The molecular weight excluding hydrogens is 1230 g/mol. The second-order valence-electron chi connectivity index (χ2n) is 27.5. The first kappa shape index (κ1) is 92.1. The molecule has 0 aromatic heterocycles. The molecule has 94 heavy (non-hydrogen) atoms. The van der Waals surface area contributed by atoms with E-state index in [1.54, 1.807) is 0 Å². The number of carbonyl (C=O) groups is 4. The highest BCUT2D eigenvalue weighted by atomic mass is 31.2. The number of unbranched alkanes of at least 4 members (excludes halogenated alkanes) is 47. The fourth-order valence-corrected chi connectivity index (χ4v) is 13.1. The van der Waals surface area contributed by atoms with Crippen LogP contribution in [0, 0.1) is 5.92 Å². The number of hydrogen-bond donors (Lipinski definition) is 3. The highest BCUT2D eigenvalue weighted by Crippen LogP contribution is 2.45. The summed E-state index contributed by atoms with van der Waals surface area (Å²) >= 11 is 0. The molecule has 0 saturated heterocycles. The van der Waals surface area contributed by atoms with Gasteiger partial charge in [-0.2, -0.15) is 0 Å². The molecule has 558 valence electrons. The average molecular weight is 1380 g/mol. The van der Waals surface area contributed by atoms with Crippen molar-refractivity contribution < 1.29 is 80.2 Å². The van der Waals surface area contributed by atoms with Crippen LogP contribution in [0.4, 0.5) is 0 Å². The van der Waals surface area contributed by atoms with Crippen LogP contribution in [0.25, 0.3) is 0 Å². The average Bonchev–Trinajstić information content (AvgIpc) is 1.33. The molecule has 2 unspecified atom stereocenters. The van der Waals surface area contributed by atoms with E-state index in [0.717, 1.165) is 96.3 Å². The third kappa shape index (κ3) is 68.6. The molecule has 0 aliphatic carbocycles. The van der Waals surface area contributed by atoms with Crippen molar-refractivity contribution in [1.82, 2.24) is 0 Å². The van der Waals surface area contributed by atoms with Crippen molar-refractivity contribution in [3.05, 3.63) is 0 Å². The van der Waals surface area contributed by atoms with E-state index in [1.165, 1.54) is 212 Å². The lowest BCUT2D eigenvalue weighted by atomic mass is 10.0. The van der Waals surface area contributed by atoms with Gasteiger partial charge in [-0.1, -0.05) is 343 Å². The number of carbonyl (C=O) groups excluding carboxylic acids is 4. The molecule has 3 N–H and O–H groups in total. The molecule has 19 heteroatoms. The van der Waals surface area contributed by atoms with Crippen molar-refractivity contribution >= 4 is 39.5 Å². The number of phosphoric ester groups is 2. The fourth-order valence-electron chi connectivity index (χ4n) is 11.5. The van der Waals surface area contributed by atoms with Crippen molar-refractivity contribution in [3.8, 4) is 0 Å². The van der Waals surface area contributed by atoms with Gasteiger partial charge < -0.3 is 33.8 Å². The van der Waals surface area contributed by atoms with E-state index < -0.39 is 97.5 Å². The summed E-state index contributed by atoms with van der Waals surface area (Å²) in [5.41, 5.74) is 0. The van der Waals surface area contributed by atoms with E-state index in [4.69, 9.17) is 37.0 Å². The minimum atomic E-state index is -4.96. The first-order valence-corrected chi connectivity index (χ1v) is 42.1. The van der Waals surface area contributed by atoms with Gasteiger partial charge in [-0.25, -0.2) is 9.13 Å². The number of esters is 4. The fraction of sp³-hybridized carbons (Fsp3) is 0.947. The van der Waals surface area contributed by atoms with E-state index in [0.29, 0.717) is 31.6 Å². The van der Waals surface area contributed by atoms with Gasteiger partial charge in [0.2, 0.25) is 0 Å². The Bertz CT molecular complexity index is 1810. The first-order valence-electron chi connectivity index (χ1n) is 39.1. The normalized spacial score (nSPS) is 14.0. The van der Waals surface area contributed by atoms with Crippen molar-refractivity contribution in [2.24, 2.45) is 5.92 Å². The maximum absolute atomic E-state index is 13.1. The van der Waals surface area contributed by atoms with Crippen LogP contribution in [0.5, 0.6) is 0 Å². The summed E-state index contributed by atoms with van der Waals surface area (Å²) in [7, 11) is -9.91. The minimum Gasteiger partial charge on any atom is -0.462 e. The molecule has 0 radical (unpaired) electrons. The number of aliphatic hydroxyl groups excluding tert-OH is 1. The summed E-state index contributed by atoms with van der Waals surface area (Å²) in [6.07, 6.45) is 56.8. The van der Waals surface area contributed by atoms with Crippen LogP contribution < -0.4 is 0 Å². The van der Waals surface area contributed by atoms with Crippen molar-refractivity contribution in [1.29, 1.82) is 0 Å². The number of rotatable bonds is 75. The number of phosphoric acid groups is 2. The molecule has 0 spiro atoms. The largest absolute Gasteiger partial charge is 0.472 e. The van der Waals surface area contributed by atoms with Crippen molar-refractivity contribution in [2.45, 2.75) is 412 Å². The second kappa shape index (κ2) is 68.2. The van der Waals surface area contributed by atoms with Gasteiger partial charge in [0.25, 0.3) is 0 Å². The second-order valence-corrected chi connectivity index (χ2v) is 30.4. The van der Waals surface area contributed by atoms with Crippen LogP contribution in [0.1, 0.15) is 394 Å². The standard InChI is InChI=1S/C75H146O17P2/c1-6-9-12-15-18-21-24-27-29-31-33-36-38-43-48-53-58-72(77)85-64-70(91-75(80)61-56-51-45-40-37-34-32-30-28-25-22-19-16-13-10-7-2)66-89-93(81,82)87-62-69(76)63-88-94(83,84)90-67-71(65-86-73(78)59-54-49-46-41-42-47-52-57-68(4)5)92-74(79)60-55-50-44-39-35-26-23-20-17-14-11-8-3/h68-71,76H,6-67H2,1-5H3,(H,81,82)(H,83,84)/t69-,70-,71-/m1/s1. The van der Waals surface area contributed by atoms with Gasteiger partial charge in [-0.3, -0.25) is 37.3 Å². The molecule has 5 atom stereocenters. The Morgan fingerprint density at radius 1 is 0.287 bits per heavy atom. The number of ether oxygens (including phenoxy) is 4. The van der Waals surface area contributed by atoms with Gasteiger partial charge >= 0.3 is 39.5 Å². The molecule has 0 aromatic carbocycles. The monoisotopic (exact) mass is 1380 g/mol. The van der Waals surface area contributed by atoms with Gasteiger partial charge in [0, 0.05) is 25.7 Å². The van der Waals surface area contributed by atoms with E-state index in [-0.39, 0.29) is 25.7 Å². The molecule has 0 saturated carbocycles. The Kier molecular flexibility index (Phi) is 66.8. The molecule has 0 rings (SSSR count). The molecule has 0 aliphatic heterocycles. The zero-order valence-electron chi connectivity index (χ0n) is 61.1. The summed E-state index contributed by atoms with van der Waals surface area (Å²) in [6, 6.07) is 0. The lowest BCUT2D eigenvalue weighted by Gasteiger charge is -2.21. The zero-order chi connectivity index (χ0) is 69.1. The van der Waals surface area contributed by atoms with Crippen molar-refractivity contribution in [3.63, 3.8) is 0 Å². The molecule has 0 fully saturated rings. The van der Waals surface area contributed by atoms with Crippen LogP contribution in [0.3, 0.4) is 0 Å². The first-order chi connectivity index (χ1) is 45.5. The maximum Gasteiger partial charge on any atom is 0.472 e. The third-order valence-electron chi connectivity index (χ3n) is 17.5. The summed E-state index contributed by atoms with van der Waals surface area (Å²) in [5.74, 6) is -1.41. The van der Waals surface area contributed by atoms with E-state index in [1.807, 2.05) is 0 Å². The lowest BCUT2D eigenvalue weighted by Crippen LogP contribution is -2.30. The van der Waals surface area contributed by atoms with E-state index >= 15 is 0 Å². The minimum absolute atomic E-state index is 0.107. The number of hydrogen-bond acceptors (Lipinski definition) is 15. The highest BCUT2D eigenvalue weighted by molar-refractivity contribution is 7.47. The Morgan fingerprint density at radius 2 is 0.489 bits per heavy atom. The summed E-state index contributed by atoms with van der Waals surface area (Å²) in [5, 5.41) is 10.6. The Morgan fingerprint density at radius 3 is 0.723 bits per heavy atom. The lowest BCUT2D eigenvalue weighted by molar-refractivity contribution is -0.161. The molecular formula is C75H146O17P2. The predicted molar refractivity (Wildman–Crippen MR) is 382 cm³/mol. The Hall–Kier alpha value is -1.94. The van der Waals surface area contributed by atoms with Gasteiger partial charge in [0.1, 0.15) is 19.3 Å². The molecule has 0 bridgehead atoms. The van der Waals surface area contributed by atoms with Gasteiger partial charge in [0.15, 0.2) is 12.2 Å². The Labute approximate surface area is 575 Å². The van der Waals surface area contributed by atoms with Gasteiger partial charge in [-0.05, 0) is 31.6 Å². The Balaban J connectivity index is 5.24. The van der Waals surface area contributed by atoms with Crippen LogP contribution >= 0.6 is 15.6 Å². The molecule has 0 aromatic rings. The maximum atomic E-state index is 13.1. The zero-order valence-corrected chi connectivity index (χ0v) is 62.9. The molecule has 17 nitrogen and oxygen atoms in total. The van der Waals surface area contributed by atoms with E-state index in [2.05, 4.69) is 34.6 Å². The number of aliphatic hydroxyl groups is 1. The molecule has 0 amide bonds. The van der Waals surface area contributed by atoms with E-state index in [9.17, 15) is 43.2 Å². The quantitative estimate of drug-likeness (QED) is 0.0222. The van der Waals surface area contributed by atoms with Crippen molar-refractivity contribution in [2.75, 3.05) is 39.6 Å². The highest BCUT2D eigenvalue weighted by Gasteiger charge is 2.30. The van der Waals surface area contributed by atoms with Crippen LogP contribution in [-0.2, 0) is 65.4 Å². The summed E-state index contributed by atoms with van der Waals surface area (Å²) < 4.78 is 68.5. The van der Waals surface area contributed by atoms with Gasteiger partial charge in [0.05, 0.1) is 26.4 Å². The smallest absolute Gasteiger partial charge is 0.462 e. The topological polar surface area (TPSA) is 237 Å².